The highest BCUT2D eigenvalue weighted by atomic mass is 15.5. The van der Waals surface area contributed by atoms with Gasteiger partial charge in [0.15, 0.2) is 0 Å². The quantitative estimate of drug-likeness (QED) is 0.298. The van der Waals surface area contributed by atoms with Gasteiger partial charge < -0.3 is 0 Å². The summed E-state index contributed by atoms with van der Waals surface area (Å²) in [5.41, 5.74) is 7.40. The molecule has 3 heteroatoms. The zero-order chi connectivity index (χ0) is 23.1. The fraction of sp³-hybridized carbons (Fsp3) is 0.200. The molecule has 0 atom stereocenters. The first-order chi connectivity index (χ1) is 15.9. The van der Waals surface area contributed by atoms with Gasteiger partial charge in [0, 0.05) is 10.8 Å². The summed E-state index contributed by atoms with van der Waals surface area (Å²) < 4.78 is 0. The van der Waals surface area contributed by atoms with Crippen LogP contribution in [-0.2, 0) is 10.8 Å². The van der Waals surface area contributed by atoms with E-state index in [1.54, 1.807) is 4.80 Å². The molecule has 0 radical (unpaired) electrons. The maximum Gasteiger partial charge on any atom is 0.118 e. The standard InChI is InChI=1S/C30H29N3/c1-29(2,22-14-8-5-9-15-22)25-20-21-26-28(32-33(31-26)24-18-12-7-13-19-24)27(25)30(3,4)23-16-10-6-11-17-23/h5-21H,1-4H3. The Balaban J connectivity index is 1.81. The molecular formula is C30H29N3. The lowest BCUT2D eigenvalue weighted by molar-refractivity contribution is 0.581. The van der Waals surface area contributed by atoms with Gasteiger partial charge in [-0.15, -0.1) is 10.2 Å². The number of hydrogen-bond donors (Lipinski definition) is 0. The van der Waals surface area contributed by atoms with E-state index >= 15 is 0 Å². The average Bonchev–Trinajstić information content (AvgIpc) is 3.29. The van der Waals surface area contributed by atoms with E-state index in [0.29, 0.717) is 0 Å². The second-order valence-electron chi connectivity index (χ2n) is 9.66. The Hall–Kier alpha value is -3.72. The summed E-state index contributed by atoms with van der Waals surface area (Å²) in [6, 6.07) is 35.9. The van der Waals surface area contributed by atoms with Crippen LogP contribution in [0.25, 0.3) is 16.7 Å². The van der Waals surface area contributed by atoms with E-state index in [9.17, 15) is 0 Å². The second kappa shape index (κ2) is 8.00. The van der Waals surface area contributed by atoms with E-state index in [-0.39, 0.29) is 10.8 Å². The second-order valence-corrected chi connectivity index (χ2v) is 9.66. The van der Waals surface area contributed by atoms with Crippen LogP contribution in [0.1, 0.15) is 49.9 Å². The maximum atomic E-state index is 5.05. The molecule has 0 amide bonds. The molecule has 1 heterocycles. The first-order valence-electron chi connectivity index (χ1n) is 11.5. The van der Waals surface area contributed by atoms with Crippen LogP contribution in [-0.4, -0.2) is 15.0 Å². The van der Waals surface area contributed by atoms with Crippen LogP contribution in [0.3, 0.4) is 0 Å². The fourth-order valence-electron chi connectivity index (χ4n) is 4.82. The van der Waals surface area contributed by atoms with Crippen molar-refractivity contribution >= 4 is 11.0 Å². The SMILES string of the molecule is CC(C)(c1ccccc1)c1ccc2nn(-c3ccccc3)nc2c1C(C)(C)c1ccccc1. The highest BCUT2D eigenvalue weighted by Crippen LogP contribution is 2.44. The number of hydrogen-bond acceptors (Lipinski definition) is 2. The van der Waals surface area contributed by atoms with Crippen LogP contribution < -0.4 is 0 Å². The molecule has 1 aromatic heterocycles. The predicted molar refractivity (Wildman–Crippen MR) is 136 cm³/mol. The van der Waals surface area contributed by atoms with Gasteiger partial charge in [-0.1, -0.05) is 113 Å². The summed E-state index contributed by atoms with van der Waals surface area (Å²) >= 11 is 0. The highest BCUT2D eigenvalue weighted by Gasteiger charge is 2.35. The van der Waals surface area contributed by atoms with E-state index in [0.717, 1.165) is 16.7 Å². The summed E-state index contributed by atoms with van der Waals surface area (Å²) in [5.74, 6) is 0. The first-order valence-corrected chi connectivity index (χ1v) is 11.5. The van der Waals surface area contributed by atoms with Crippen molar-refractivity contribution in [3.63, 3.8) is 0 Å². The number of rotatable bonds is 5. The van der Waals surface area contributed by atoms with Gasteiger partial charge in [0.25, 0.3) is 0 Å². The molecule has 0 saturated heterocycles. The molecule has 0 saturated carbocycles. The Morgan fingerprint density at radius 2 is 1.06 bits per heavy atom. The van der Waals surface area contributed by atoms with Gasteiger partial charge in [-0.2, -0.15) is 4.80 Å². The summed E-state index contributed by atoms with van der Waals surface area (Å²) in [5, 5.41) is 9.90. The Bertz CT molecular complexity index is 1380. The van der Waals surface area contributed by atoms with Gasteiger partial charge >= 0.3 is 0 Å². The van der Waals surface area contributed by atoms with Gasteiger partial charge in [0.05, 0.1) is 5.69 Å². The molecular weight excluding hydrogens is 402 g/mol. The molecule has 0 aliphatic heterocycles. The largest absolute Gasteiger partial charge is 0.150 e. The molecule has 33 heavy (non-hydrogen) atoms. The zero-order valence-electron chi connectivity index (χ0n) is 19.7. The van der Waals surface area contributed by atoms with E-state index in [4.69, 9.17) is 10.2 Å². The van der Waals surface area contributed by atoms with Crippen LogP contribution >= 0.6 is 0 Å². The van der Waals surface area contributed by atoms with Gasteiger partial charge in [-0.05, 0) is 40.5 Å². The van der Waals surface area contributed by atoms with Crippen LogP contribution in [0, 0.1) is 0 Å². The number of para-hydroxylation sites is 1. The molecule has 5 aromatic rings. The Labute approximate surface area is 195 Å². The normalized spacial score (nSPS) is 12.2. The average molecular weight is 432 g/mol. The molecule has 0 N–H and O–H groups in total. The van der Waals surface area contributed by atoms with E-state index in [1.807, 2.05) is 30.3 Å². The lowest BCUT2D eigenvalue weighted by Gasteiger charge is -2.35. The Kier molecular flexibility index (Phi) is 5.13. The monoisotopic (exact) mass is 431 g/mol. The van der Waals surface area contributed by atoms with Crippen molar-refractivity contribution in [3.8, 4) is 5.69 Å². The van der Waals surface area contributed by atoms with Crippen molar-refractivity contribution in [1.82, 2.24) is 15.0 Å². The Morgan fingerprint density at radius 1 is 0.545 bits per heavy atom. The zero-order valence-corrected chi connectivity index (χ0v) is 19.7. The lowest BCUT2D eigenvalue weighted by atomic mass is 9.68. The third kappa shape index (κ3) is 3.64. The number of nitrogens with zero attached hydrogens (tertiary/aromatic N) is 3. The van der Waals surface area contributed by atoms with Crippen molar-refractivity contribution in [2.45, 2.75) is 38.5 Å². The first kappa shape index (κ1) is 21.1. The molecule has 3 nitrogen and oxygen atoms in total. The molecule has 5 rings (SSSR count). The fourth-order valence-corrected chi connectivity index (χ4v) is 4.82. The van der Waals surface area contributed by atoms with Gasteiger partial charge in [0.1, 0.15) is 11.0 Å². The molecule has 0 aliphatic rings. The number of aromatic nitrogens is 3. The van der Waals surface area contributed by atoms with Crippen molar-refractivity contribution in [3.05, 3.63) is 125 Å². The van der Waals surface area contributed by atoms with Crippen molar-refractivity contribution in [2.75, 3.05) is 0 Å². The van der Waals surface area contributed by atoms with Crippen LogP contribution in [0.15, 0.2) is 103 Å². The Morgan fingerprint density at radius 3 is 1.64 bits per heavy atom. The highest BCUT2D eigenvalue weighted by molar-refractivity contribution is 5.82. The van der Waals surface area contributed by atoms with Crippen LogP contribution in [0.5, 0.6) is 0 Å². The van der Waals surface area contributed by atoms with Crippen molar-refractivity contribution in [1.29, 1.82) is 0 Å². The third-order valence-corrected chi connectivity index (χ3v) is 6.83. The van der Waals surface area contributed by atoms with E-state index in [2.05, 4.69) is 100 Å². The summed E-state index contributed by atoms with van der Waals surface area (Å²) in [6.07, 6.45) is 0. The number of benzene rings is 4. The topological polar surface area (TPSA) is 30.7 Å². The van der Waals surface area contributed by atoms with Gasteiger partial charge in [-0.3, -0.25) is 0 Å². The van der Waals surface area contributed by atoms with Crippen LogP contribution in [0.4, 0.5) is 0 Å². The molecule has 4 aromatic carbocycles. The molecule has 0 fully saturated rings. The lowest BCUT2D eigenvalue weighted by Crippen LogP contribution is -2.28. The summed E-state index contributed by atoms with van der Waals surface area (Å²) in [7, 11) is 0. The van der Waals surface area contributed by atoms with E-state index < -0.39 is 0 Å². The van der Waals surface area contributed by atoms with Crippen molar-refractivity contribution < 1.29 is 0 Å². The van der Waals surface area contributed by atoms with E-state index in [1.165, 1.54) is 22.3 Å². The maximum absolute atomic E-state index is 5.05. The molecule has 0 unspecified atom stereocenters. The predicted octanol–water partition coefficient (Wildman–Crippen LogP) is 7.07. The molecule has 164 valence electrons. The molecule has 0 bridgehead atoms. The third-order valence-electron chi connectivity index (χ3n) is 6.83. The van der Waals surface area contributed by atoms with Gasteiger partial charge in [-0.25, -0.2) is 0 Å². The summed E-state index contributed by atoms with van der Waals surface area (Å²) in [4.78, 5) is 1.76. The molecule has 0 spiro atoms. The molecule has 0 aliphatic carbocycles. The minimum absolute atomic E-state index is 0.201. The van der Waals surface area contributed by atoms with Crippen molar-refractivity contribution in [2.24, 2.45) is 0 Å². The summed E-state index contributed by atoms with van der Waals surface area (Å²) in [6.45, 7) is 9.19. The van der Waals surface area contributed by atoms with Crippen LogP contribution in [0.2, 0.25) is 0 Å². The number of fused-ring (bicyclic) bond motifs is 1. The van der Waals surface area contributed by atoms with Gasteiger partial charge in [0.2, 0.25) is 0 Å². The smallest absolute Gasteiger partial charge is 0.118 e. The minimum Gasteiger partial charge on any atom is -0.150 e. The minimum atomic E-state index is -0.264.